The largest absolute Gasteiger partial charge is 0.464 e. The third-order valence-electron chi connectivity index (χ3n) is 6.38. The molecule has 170 valence electrons. The van der Waals surface area contributed by atoms with Gasteiger partial charge in [-0.15, -0.1) is 0 Å². The molecule has 0 radical (unpaired) electrons. The molecule has 1 aromatic carbocycles. The Hall–Kier alpha value is -2.87. The van der Waals surface area contributed by atoms with Gasteiger partial charge in [0.15, 0.2) is 5.69 Å². The number of benzene rings is 1. The maximum atomic E-state index is 13.5. The summed E-state index contributed by atoms with van der Waals surface area (Å²) >= 11 is 6.01. The zero-order chi connectivity index (χ0) is 22.9. The first-order valence-electron chi connectivity index (χ1n) is 10.9. The van der Waals surface area contributed by atoms with E-state index in [2.05, 4.69) is 10.4 Å². The summed E-state index contributed by atoms with van der Waals surface area (Å²) in [6.45, 7) is 2.11. The number of rotatable bonds is 5. The topological polar surface area (TPSA) is 93.5 Å². The van der Waals surface area contributed by atoms with Crippen molar-refractivity contribution in [1.82, 2.24) is 20.0 Å². The van der Waals surface area contributed by atoms with Gasteiger partial charge in [0, 0.05) is 23.7 Å². The summed E-state index contributed by atoms with van der Waals surface area (Å²) in [5, 5.41) is 8.00. The van der Waals surface area contributed by atoms with Gasteiger partial charge in [0.1, 0.15) is 11.2 Å². The maximum Gasteiger partial charge on any atom is 0.358 e. The predicted molar refractivity (Wildman–Crippen MR) is 118 cm³/mol. The van der Waals surface area contributed by atoms with Crippen LogP contribution in [0, 0.1) is 0 Å². The lowest BCUT2D eigenvalue weighted by Gasteiger charge is -2.44. The number of nitrogens with one attached hydrogen (secondary N) is 1. The van der Waals surface area contributed by atoms with Crippen LogP contribution in [0.25, 0.3) is 0 Å². The average Bonchev–Trinajstić information content (AvgIpc) is 3.22. The number of halogens is 1. The Morgan fingerprint density at radius 1 is 1.22 bits per heavy atom. The lowest BCUT2D eigenvalue weighted by atomic mass is 9.91. The van der Waals surface area contributed by atoms with E-state index in [1.165, 1.54) is 24.3 Å². The van der Waals surface area contributed by atoms with Gasteiger partial charge < -0.3 is 15.0 Å². The Balaban J connectivity index is 1.69. The van der Waals surface area contributed by atoms with Crippen LogP contribution >= 0.6 is 11.6 Å². The van der Waals surface area contributed by atoms with E-state index in [1.54, 1.807) is 24.0 Å². The molecule has 0 spiro atoms. The molecule has 0 saturated heterocycles. The standard InChI is InChI=1S/C23H27ClN4O4/c1-23(22(31)25-17-6-4-3-5-7-17)14-28-19(12-18(26-28)21(30)32-2)20(29)27(23)13-15-8-10-16(24)11-9-15/h8-12,17H,3-7,13-14H2,1-2H3,(H,25,31). The van der Waals surface area contributed by atoms with E-state index in [0.29, 0.717) is 5.02 Å². The van der Waals surface area contributed by atoms with E-state index < -0.39 is 11.5 Å². The van der Waals surface area contributed by atoms with Gasteiger partial charge >= 0.3 is 5.97 Å². The summed E-state index contributed by atoms with van der Waals surface area (Å²) in [6, 6.07) is 8.70. The zero-order valence-corrected chi connectivity index (χ0v) is 19.0. The summed E-state index contributed by atoms with van der Waals surface area (Å²) in [6.07, 6.45) is 5.22. The van der Waals surface area contributed by atoms with Gasteiger partial charge in [-0.25, -0.2) is 4.79 Å². The van der Waals surface area contributed by atoms with Crippen LogP contribution in [-0.4, -0.2) is 51.2 Å². The molecule has 1 N–H and O–H groups in total. The molecule has 0 bridgehead atoms. The van der Waals surface area contributed by atoms with E-state index >= 15 is 0 Å². The predicted octanol–water partition coefficient (Wildman–Crippen LogP) is 3.19. The molecule has 1 unspecified atom stereocenters. The third kappa shape index (κ3) is 4.24. The van der Waals surface area contributed by atoms with Crippen molar-refractivity contribution in [2.75, 3.05) is 7.11 Å². The van der Waals surface area contributed by atoms with Crippen molar-refractivity contribution >= 4 is 29.4 Å². The van der Waals surface area contributed by atoms with Crippen molar-refractivity contribution in [1.29, 1.82) is 0 Å². The highest BCUT2D eigenvalue weighted by Gasteiger charge is 2.48. The average molecular weight is 459 g/mol. The van der Waals surface area contributed by atoms with Crippen molar-refractivity contribution in [3.05, 3.63) is 52.3 Å². The molecule has 1 atom stereocenters. The van der Waals surface area contributed by atoms with Crippen molar-refractivity contribution in [2.24, 2.45) is 0 Å². The summed E-state index contributed by atoms with van der Waals surface area (Å²) in [5.74, 6) is -1.21. The van der Waals surface area contributed by atoms with Crippen LogP contribution in [0.4, 0.5) is 0 Å². The number of aromatic nitrogens is 2. The monoisotopic (exact) mass is 458 g/mol. The summed E-state index contributed by atoms with van der Waals surface area (Å²) in [4.78, 5) is 40.6. The molecular formula is C23H27ClN4O4. The number of carbonyl (C=O) groups excluding carboxylic acids is 3. The molecule has 2 aromatic rings. The van der Waals surface area contributed by atoms with E-state index in [4.69, 9.17) is 16.3 Å². The highest BCUT2D eigenvalue weighted by molar-refractivity contribution is 6.30. The van der Waals surface area contributed by atoms with Gasteiger partial charge in [-0.1, -0.05) is 43.0 Å². The smallest absolute Gasteiger partial charge is 0.358 e. The van der Waals surface area contributed by atoms with Crippen LogP contribution in [0.3, 0.4) is 0 Å². The highest BCUT2D eigenvalue weighted by atomic mass is 35.5. The second-order valence-electron chi connectivity index (χ2n) is 8.66. The molecule has 1 aromatic heterocycles. The highest BCUT2D eigenvalue weighted by Crippen LogP contribution is 2.30. The normalized spacial score (nSPS) is 21.2. The second-order valence-corrected chi connectivity index (χ2v) is 9.10. The fourth-order valence-electron chi connectivity index (χ4n) is 4.45. The van der Waals surface area contributed by atoms with E-state index in [9.17, 15) is 14.4 Å². The van der Waals surface area contributed by atoms with Gasteiger partial charge in [0.2, 0.25) is 5.91 Å². The van der Waals surface area contributed by atoms with Gasteiger partial charge in [-0.05, 0) is 37.5 Å². The van der Waals surface area contributed by atoms with Gasteiger partial charge in [0.25, 0.3) is 5.91 Å². The molecule has 8 nitrogen and oxygen atoms in total. The van der Waals surface area contributed by atoms with Crippen LogP contribution in [0.2, 0.25) is 5.02 Å². The Morgan fingerprint density at radius 2 is 1.91 bits per heavy atom. The summed E-state index contributed by atoms with van der Waals surface area (Å²) in [7, 11) is 1.26. The molecule has 1 fully saturated rings. The number of nitrogens with zero attached hydrogens (tertiary/aromatic N) is 3. The lowest BCUT2D eigenvalue weighted by Crippen LogP contribution is -2.64. The zero-order valence-electron chi connectivity index (χ0n) is 18.3. The van der Waals surface area contributed by atoms with E-state index in [1.807, 2.05) is 12.1 Å². The molecular weight excluding hydrogens is 432 g/mol. The number of hydrogen-bond donors (Lipinski definition) is 1. The summed E-state index contributed by atoms with van der Waals surface area (Å²) in [5.41, 5.74) is -0.0391. The van der Waals surface area contributed by atoms with Gasteiger partial charge in [-0.2, -0.15) is 5.10 Å². The minimum absolute atomic E-state index is 0.0410. The first-order valence-corrected chi connectivity index (χ1v) is 11.2. The van der Waals surface area contributed by atoms with Crippen LogP contribution in [0.5, 0.6) is 0 Å². The van der Waals surface area contributed by atoms with E-state index in [-0.39, 0.29) is 42.3 Å². The minimum atomic E-state index is -1.18. The van der Waals surface area contributed by atoms with Gasteiger partial charge in [-0.3, -0.25) is 14.3 Å². The number of hydrogen-bond acceptors (Lipinski definition) is 5. The van der Waals surface area contributed by atoms with Crippen molar-refractivity contribution in [2.45, 2.75) is 63.7 Å². The number of ether oxygens (including phenoxy) is 1. The molecule has 9 heteroatoms. The molecule has 2 amide bonds. The Bertz CT molecular complexity index is 1030. The van der Waals surface area contributed by atoms with Gasteiger partial charge in [0.05, 0.1) is 13.7 Å². The number of carbonyl (C=O) groups is 3. The fourth-order valence-corrected chi connectivity index (χ4v) is 4.58. The van der Waals surface area contributed by atoms with Crippen LogP contribution in [-0.2, 0) is 22.6 Å². The van der Waals surface area contributed by atoms with Crippen molar-refractivity contribution < 1.29 is 19.1 Å². The van der Waals surface area contributed by atoms with Crippen molar-refractivity contribution in [3.8, 4) is 0 Å². The number of methoxy groups -OCH3 is 1. The number of amides is 2. The Kier molecular flexibility index (Phi) is 6.24. The first-order chi connectivity index (χ1) is 15.3. The van der Waals surface area contributed by atoms with Crippen molar-refractivity contribution in [3.63, 3.8) is 0 Å². The Labute approximate surface area is 191 Å². The molecule has 2 aliphatic rings. The molecule has 1 saturated carbocycles. The molecule has 1 aliphatic heterocycles. The van der Waals surface area contributed by atoms with Crippen LogP contribution < -0.4 is 5.32 Å². The Morgan fingerprint density at radius 3 is 2.56 bits per heavy atom. The quantitative estimate of drug-likeness (QED) is 0.694. The fraction of sp³-hybridized carbons (Fsp3) is 0.478. The maximum absolute atomic E-state index is 13.5. The second kappa shape index (κ2) is 8.94. The van der Waals surface area contributed by atoms with Crippen LogP contribution in [0.15, 0.2) is 30.3 Å². The minimum Gasteiger partial charge on any atom is -0.464 e. The molecule has 32 heavy (non-hydrogen) atoms. The van der Waals surface area contributed by atoms with E-state index in [0.717, 1.165) is 31.2 Å². The summed E-state index contributed by atoms with van der Waals surface area (Å²) < 4.78 is 6.19. The number of fused-ring (bicyclic) bond motifs is 1. The number of esters is 1. The third-order valence-corrected chi connectivity index (χ3v) is 6.63. The molecule has 4 rings (SSSR count). The first kappa shape index (κ1) is 22.3. The molecule has 1 aliphatic carbocycles. The van der Waals surface area contributed by atoms with Crippen LogP contribution in [0.1, 0.15) is 65.6 Å². The SMILES string of the molecule is COC(=O)c1cc2n(n1)CC(C)(C(=O)NC1CCCCC1)N(Cc1ccc(Cl)cc1)C2=O. The lowest BCUT2D eigenvalue weighted by molar-refractivity contribution is -0.134. The molecule has 2 heterocycles.